The summed E-state index contributed by atoms with van der Waals surface area (Å²) in [5.41, 5.74) is 26.9. The van der Waals surface area contributed by atoms with Crippen LogP contribution in [0, 0.1) is 13.8 Å². The van der Waals surface area contributed by atoms with Crippen LogP contribution in [0.5, 0.6) is 0 Å². The van der Waals surface area contributed by atoms with Crippen molar-refractivity contribution in [2.75, 3.05) is 14.6 Å². The lowest BCUT2D eigenvalue weighted by molar-refractivity contribution is 0.590. The Balaban J connectivity index is 1.17. The lowest BCUT2D eigenvalue weighted by Gasteiger charge is -2.46. The van der Waals surface area contributed by atoms with Gasteiger partial charge in [-0.15, -0.1) is 11.3 Å². The van der Waals surface area contributed by atoms with Crippen molar-refractivity contribution in [3.05, 3.63) is 240 Å². The summed E-state index contributed by atoms with van der Waals surface area (Å²) in [5, 5.41) is 2.59. The number of hydrogen-bond donors (Lipinski definition) is 0. The van der Waals surface area contributed by atoms with Crippen molar-refractivity contribution in [1.82, 2.24) is 0 Å². The van der Waals surface area contributed by atoms with Gasteiger partial charge in [0.25, 0.3) is 0 Å². The maximum Gasteiger partial charge on any atom is 0.333 e. The van der Waals surface area contributed by atoms with Crippen molar-refractivity contribution in [3.63, 3.8) is 0 Å². The molecule has 0 aliphatic carbocycles. The van der Waals surface area contributed by atoms with Gasteiger partial charge in [0.05, 0.1) is 5.69 Å². The number of nitrogens with zero attached hydrogens (tertiary/aromatic N) is 3. The standard InChI is InChI=1S/C78H76BN3S/c1-49-21-20-22-50(2)73(49)52-43-65-63-46-60(80(57-34-27-53(28-35-57)75(3,4)5)58-36-29-54(30-37-58)76(6,7)8)40-42-68(63)82(59-38-31-55(32-39-59)77(9,10)11)79-66-47-64-61-25-18-19-26-71(61)83-72(64)48-69(66)81(70(44-52)74(65)79)67-41-33-56(78(12,13)14)45-62(67)51-23-16-15-17-24-51/h15-48H,1-14H3. The molecule has 0 N–H and O–H groups in total. The molecule has 3 heterocycles. The van der Waals surface area contributed by atoms with Crippen LogP contribution in [0.15, 0.2) is 206 Å². The SMILES string of the molecule is Cc1cccc(C)c1-c1cc2c3c(c1)N(c1ccc(C(C)(C)C)cc1-c1ccccc1)c1cc4sc5ccccc5c4cc1B3N(c1ccc(C(C)(C)C)cc1)c1ccc(N(c3ccc(C(C)(C)C)cc3)c3ccc(C(C)(C)C)cc3)cc1-2. The normalized spacial score (nSPS) is 13.3. The lowest BCUT2D eigenvalue weighted by Crippen LogP contribution is -2.61. The average Bonchev–Trinajstić information content (AvgIpc) is 1.79. The zero-order valence-electron chi connectivity index (χ0n) is 51.0. The minimum absolute atomic E-state index is 0.0134. The molecule has 0 unspecified atom stereocenters. The lowest BCUT2D eigenvalue weighted by atomic mass is 9.43. The molecule has 0 amide bonds. The third-order valence-corrected chi connectivity index (χ3v) is 18.9. The second kappa shape index (κ2) is 19.8. The zero-order chi connectivity index (χ0) is 58.1. The first-order valence-corrected chi connectivity index (χ1v) is 30.6. The minimum atomic E-state index is -0.194. The predicted molar refractivity (Wildman–Crippen MR) is 363 cm³/mol. The number of hydrogen-bond acceptors (Lipinski definition) is 4. The summed E-state index contributed by atoms with van der Waals surface area (Å²) in [6.07, 6.45) is 0. The van der Waals surface area contributed by atoms with Crippen LogP contribution in [-0.4, -0.2) is 6.85 Å². The molecule has 2 aliphatic heterocycles. The van der Waals surface area contributed by atoms with Gasteiger partial charge in [-0.25, -0.2) is 0 Å². The van der Waals surface area contributed by atoms with E-state index >= 15 is 0 Å². The molecule has 0 atom stereocenters. The van der Waals surface area contributed by atoms with Crippen molar-refractivity contribution >= 4 is 94.8 Å². The van der Waals surface area contributed by atoms with Crippen molar-refractivity contribution < 1.29 is 0 Å². The van der Waals surface area contributed by atoms with E-state index in [2.05, 4.69) is 318 Å². The highest BCUT2D eigenvalue weighted by Crippen LogP contribution is 2.53. The molecule has 5 heteroatoms. The third kappa shape index (κ3) is 9.46. The fraction of sp³-hybridized carbons (Fsp3) is 0.231. The van der Waals surface area contributed by atoms with Crippen molar-refractivity contribution in [2.24, 2.45) is 0 Å². The summed E-state index contributed by atoms with van der Waals surface area (Å²) in [4.78, 5) is 7.82. The van der Waals surface area contributed by atoms with Crippen molar-refractivity contribution in [1.29, 1.82) is 0 Å². The van der Waals surface area contributed by atoms with Crippen LogP contribution in [0.2, 0.25) is 0 Å². The number of rotatable bonds is 7. The summed E-state index contributed by atoms with van der Waals surface area (Å²) < 4.78 is 2.58. The van der Waals surface area contributed by atoms with E-state index in [0.29, 0.717) is 0 Å². The molecule has 0 bridgehead atoms. The third-order valence-electron chi connectivity index (χ3n) is 17.7. The second-order valence-electron chi connectivity index (χ2n) is 27.6. The second-order valence-corrected chi connectivity index (χ2v) is 28.7. The highest BCUT2D eigenvalue weighted by atomic mass is 32.1. The molecule has 11 aromatic rings. The summed E-state index contributed by atoms with van der Waals surface area (Å²) in [5.74, 6) is 0. The highest BCUT2D eigenvalue weighted by Gasteiger charge is 2.46. The van der Waals surface area contributed by atoms with E-state index in [0.717, 1.165) is 28.4 Å². The van der Waals surface area contributed by atoms with Crippen LogP contribution in [-0.2, 0) is 21.7 Å². The predicted octanol–water partition coefficient (Wildman–Crippen LogP) is 21.4. The van der Waals surface area contributed by atoms with Crippen LogP contribution in [0.25, 0.3) is 53.6 Å². The van der Waals surface area contributed by atoms with Gasteiger partial charge in [-0.3, -0.25) is 0 Å². The fourth-order valence-corrected chi connectivity index (χ4v) is 14.2. The summed E-state index contributed by atoms with van der Waals surface area (Å²) >= 11 is 1.90. The van der Waals surface area contributed by atoms with Crippen LogP contribution in [0.1, 0.15) is 116 Å². The molecule has 2 aliphatic rings. The number of anilines is 8. The van der Waals surface area contributed by atoms with Crippen molar-refractivity contribution in [3.8, 4) is 33.4 Å². The zero-order valence-corrected chi connectivity index (χ0v) is 51.8. The van der Waals surface area contributed by atoms with Crippen LogP contribution in [0.4, 0.5) is 45.5 Å². The van der Waals surface area contributed by atoms with Gasteiger partial charge in [0, 0.05) is 71.1 Å². The van der Waals surface area contributed by atoms with E-state index in [4.69, 9.17) is 0 Å². The molecule has 0 fully saturated rings. The van der Waals surface area contributed by atoms with Gasteiger partial charge in [-0.2, -0.15) is 0 Å². The molecular formula is C78H76BN3S. The van der Waals surface area contributed by atoms with Crippen molar-refractivity contribution in [2.45, 2.75) is 119 Å². The van der Waals surface area contributed by atoms with Gasteiger partial charge < -0.3 is 14.6 Å². The molecule has 412 valence electrons. The monoisotopic (exact) mass is 1100 g/mol. The Labute approximate surface area is 498 Å². The number of fused-ring (bicyclic) bond motifs is 7. The van der Waals surface area contributed by atoms with Crippen LogP contribution < -0.4 is 25.5 Å². The largest absolute Gasteiger partial charge is 0.376 e. The van der Waals surface area contributed by atoms with E-state index in [1.54, 1.807) is 0 Å². The number of thiophene rings is 1. The molecule has 13 rings (SSSR count). The average molecular weight is 1100 g/mol. The molecule has 3 nitrogen and oxygen atoms in total. The molecule has 0 saturated carbocycles. The Kier molecular flexibility index (Phi) is 12.9. The van der Waals surface area contributed by atoms with E-state index in [9.17, 15) is 0 Å². The molecule has 0 radical (unpaired) electrons. The summed E-state index contributed by atoms with van der Waals surface area (Å²) in [6.45, 7) is 32.1. The smallest absolute Gasteiger partial charge is 0.333 e. The molecule has 0 saturated heterocycles. The minimum Gasteiger partial charge on any atom is -0.376 e. The molecule has 10 aromatic carbocycles. The first-order chi connectivity index (χ1) is 39.5. The quantitative estimate of drug-likeness (QED) is 0.147. The van der Waals surface area contributed by atoms with Gasteiger partial charge >= 0.3 is 6.85 Å². The van der Waals surface area contributed by atoms with Gasteiger partial charge in [0.15, 0.2) is 0 Å². The number of aryl methyl sites for hydroxylation is 2. The Morgan fingerprint density at radius 3 is 1.52 bits per heavy atom. The Hall–Kier alpha value is -8.12. The Bertz CT molecular complexity index is 4230. The van der Waals surface area contributed by atoms with E-state index in [1.807, 2.05) is 11.3 Å². The first kappa shape index (κ1) is 54.2. The molecular weight excluding hydrogens is 1020 g/mol. The van der Waals surface area contributed by atoms with Crippen LogP contribution in [0.3, 0.4) is 0 Å². The maximum atomic E-state index is 2.69. The molecule has 1 aromatic heterocycles. The van der Waals surface area contributed by atoms with Gasteiger partial charge in [0.2, 0.25) is 0 Å². The summed E-state index contributed by atoms with van der Waals surface area (Å²) in [6, 6.07) is 79.7. The Morgan fingerprint density at radius 1 is 0.373 bits per heavy atom. The molecule has 0 spiro atoms. The van der Waals surface area contributed by atoms with Crippen LogP contribution >= 0.6 is 11.3 Å². The first-order valence-electron chi connectivity index (χ1n) is 29.8. The van der Waals surface area contributed by atoms with E-state index in [1.165, 1.54) is 115 Å². The summed E-state index contributed by atoms with van der Waals surface area (Å²) in [7, 11) is 0. The highest BCUT2D eigenvalue weighted by molar-refractivity contribution is 7.26. The van der Waals surface area contributed by atoms with E-state index < -0.39 is 0 Å². The topological polar surface area (TPSA) is 9.72 Å². The molecule has 83 heavy (non-hydrogen) atoms. The van der Waals surface area contributed by atoms with Gasteiger partial charge in [-0.05, 0) is 193 Å². The van der Waals surface area contributed by atoms with Gasteiger partial charge in [0.1, 0.15) is 0 Å². The Morgan fingerprint density at radius 2 is 0.916 bits per heavy atom. The number of benzene rings is 10. The van der Waals surface area contributed by atoms with Gasteiger partial charge in [-0.1, -0.05) is 198 Å². The fourth-order valence-electron chi connectivity index (χ4n) is 13.1. The maximum absolute atomic E-state index is 2.69. The van der Waals surface area contributed by atoms with E-state index in [-0.39, 0.29) is 28.5 Å².